The Balaban J connectivity index is 1.64. The molecule has 0 atom stereocenters. The van der Waals surface area contributed by atoms with Gasteiger partial charge in [0.1, 0.15) is 5.70 Å². The molecular weight excluding hydrogens is 420 g/mol. The lowest BCUT2D eigenvalue weighted by molar-refractivity contribution is -0.384. The smallest absolute Gasteiger partial charge is 0.278 e. The Hall–Kier alpha value is -3.68. The summed E-state index contributed by atoms with van der Waals surface area (Å²) in [5.74, 6) is -0.0651. The van der Waals surface area contributed by atoms with Crippen LogP contribution in [0.1, 0.15) is 39.2 Å². The monoisotopic (exact) mass is 448 g/mol. The van der Waals surface area contributed by atoms with Crippen LogP contribution in [-0.2, 0) is 9.59 Å². The van der Waals surface area contributed by atoms with Crippen molar-refractivity contribution in [2.45, 2.75) is 39.7 Å². The van der Waals surface area contributed by atoms with E-state index in [1.54, 1.807) is 13.8 Å². The van der Waals surface area contributed by atoms with Crippen molar-refractivity contribution in [1.29, 1.82) is 0 Å². The van der Waals surface area contributed by atoms with Crippen LogP contribution in [0, 0.1) is 16.0 Å². The standard InChI is InChI=1S/C25H28N4O4/c1-16(2)28-24(30)22(18-4-8-21(9-5-18)29(32)33)23(25(28)31)26-19-6-10-20(11-7-19)27-14-12-17(3)13-15-27/h4-11,16-17,26H,12-15H2,1-3H3. The van der Waals surface area contributed by atoms with Gasteiger partial charge in [0.05, 0.1) is 10.5 Å². The summed E-state index contributed by atoms with van der Waals surface area (Å²) in [6, 6.07) is 13.2. The molecule has 1 fully saturated rings. The molecule has 0 unspecified atom stereocenters. The molecule has 33 heavy (non-hydrogen) atoms. The van der Waals surface area contributed by atoms with Crippen LogP contribution in [0.25, 0.3) is 5.57 Å². The third-order valence-electron chi connectivity index (χ3n) is 6.28. The van der Waals surface area contributed by atoms with Gasteiger partial charge in [0.15, 0.2) is 0 Å². The Morgan fingerprint density at radius 3 is 2.12 bits per heavy atom. The fourth-order valence-electron chi connectivity index (χ4n) is 4.32. The largest absolute Gasteiger partial charge is 0.372 e. The first-order valence-electron chi connectivity index (χ1n) is 11.2. The molecule has 0 aliphatic carbocycles. The molecule has 2 aliphatic rings. The van der Waals surface area contributed by atoms with E-state index in [4.69, 9.17) is 0 Å². The van der Waals surface area contributed by atoms with E-state index >= 15 is 0 Å². The van der Waals surface area contributed by atoms with Gasteiger partial charge in [-0.2, -0.15) is 0 Å². The molecule has 8 heteroatoms. The van der Waals surface area contributed by atoms with Gasteiger partial charge < -0.3 is 10.2 Å². The quantitative estimate of drug-likeness (QED) is 0.399. The lowest BCUT2D eigenvalue weighted by atomic mass is 9.99. The summed E-state index contributed by atoms with van der Waals surface area (Å²) in [4.78, 5) is 40.3. The summed E-state index contributed by atoms with van der Waals surface area (Å²) >= 11 is 0. The van der Waals surface area contributed by atoms with Crippen LogP contribution in [-0.4, -0.2) is 40.8 Å². The van der Waals surface area contributed by atoms with Gasteiger partial charge in [-0.25, -0.2) is 0 Å². The molecule has 0 bridgehead atoms. The average molecular weight is 449 g/mol. The molecule has 0 saturated carbocycles. The van der Waals surface area contributed by atoms with E-state index in [0.29, 0.717) is 11.3 Å². The Bertz CT molecular complexity index is 1100. The molecular formula is C25H28N4O4. The van der Waals surface area contributed by atoms with Gasteiger partial charge in [-0.1, -0.05) is 6.92 Å². The number of imide groups is 1. The lowest BCUT2D eigenvalue weighted by Gasteiger charge is -2.32. The van der Waals surface area contributed by atoms with Crippen LogP contribution in [0.2, 0.25) is 0 Å². The van der Waals surface area contributed by atoms with Crippen LogP contribution in [0.5, 0.6) is 0 Å². The Labute approximate surface area is 193 Å². The minimum Gasteiger partial charge on any atom is -0.372 e. The summed E-state index contributed by atoms with van der Waals surface area (Å²) in [7, 11) is 0. The zero-order chi connectivity index (χ0) is 23.7. The minimum absolute atomic E-state index is 0.0750. The van der Waals surface area contributed by atoms with Crippen molar-refractivity contribution in [3.05, 3.63) is 69.9 Å². The normalized spacial score (nSPS) is 17.3. The van der Waals surface area contributed by atoms with Gasteiger partial charge in [-0.15, -0.1) is 0 Å². The number of amides is 2. The Morgan fingerprint density at radius 1 is 0.970 bits per heavy atom. The van der Waals surface area contributed by atoms with Crippen LogP contribution in [0.15, 0.2) is 54.2 Å². The van der Waals surface area contributed by atoms with Crippen LogP contribution in [0.4, 0.5) is 17.1 Å². The van der Waals surface area contributed by atoms with Gasteiger partial charge in [0.2, 0.25) is 0 Å². The van der Waals surface area contributed by atoms with Crippen LogP contribution in [0.3, 0.4) is 0 Å². The molecule has 0 aromatic heterocycles. The van der Waals surface area contributed by atoms with E-state index in [-0.39, 0.29) is 23.0 Å². The van der Waals surface area contributed by atoms with Crippen molar-refractivity contribution >= 4 is 34.4 Å². The van der Waals surface area contributed by atoms with Gasteiger partial charge in [0, 0.05) is 42.6 Å². The zero-order valence-electron chi connectivity index (χ0n) is 19.1. The summed E-state index contributed by atoms with van der Waals surface area (Å²) in [6.07, 6.45) is 2.35. The molecule has 8 nitrogen and oxygen atoms in total. The number of piperidine rings is 1. The maximum Gasteiger partial charge on any atom is 0.278 e. The summed E-state index contributed by atoms with van der Waals surface area (Å²) in [5.41, 5.74) is 2.62. The summed E-state index contributed by atoms with van der Waals surface area (Å²) in [5, 5.41) is 14.1. The van der Waals surface area contributed by atoms with Gasteiger partial charge in [-0.3, -0.25) is 24.6 Å². The first kappa shape index (κ1) is 22.5. The van der Waals surface area contributed by atoms with E-state index in [1.165, 1.54) is 42.0 Å². The predicted molar refractivity (Wildman–Crippen MR) is 128 cm³/mol. The maximum atomic E-state index is 13.1. The topological polar surface area (TPSA) is 95.8 Å². The second kappa shape index (κ2) is 9.05. The molecule has 0 spiro atoms. The third-order valence-corrected chi connectivity index (χ3v) is 6.28. The highest BCUT2D eigenvalue weighted by Crippen LogP contribution is 2.33. The lowest BCUT2D eigenvalue weighted by Crippen LogP contribution is -2.38. The Kier molecular flexibility index (Phi) is 6.18. The molecule has 172 valence electrons. The Morgan fingerprint density at radius 2 is 1.58 bits per heavy atom. The van der Waals surface area contributed by atoms with Crippen molar-refractivity contribution < 1.29 is 14.5 Å². The second-order valence-electron chi connectivity index (χ2n) is 8.97. The van der Waals surface area contributed by atoms with Crippen molar-refractivity contribution in [1.82, 2.24) is 4.90 Å². The average Bonchev–Trinajstić information content (AvgIpc) is 3.04. The van der Waals surface area contributed by atoms with E-state index in [2.05, 4.69) is 17.1 Å². The number of carbonyl (C=O) groups is 2. The number of benzene rings is 2. The molecule has 2 aliphatic heterocycles. The first-order chi connectivity index (χ1) is 15.8. The molecule has 1 saturated heterocycles. The highest BCUT2D eigenvalue weighted by atomic mass is 16.6. The number of hydrogen-bond acceptors (Lipinski definition) is 6. The fourth-order valence-corrected chi connectivity index (χ4v) is 4.32. The van der Waals surface area contributed by atoms with E-state index < -0.39 is 16.7 Å². The number of hydrogen-bond donors (Lipinski definition) is 1. The highest BCUT2D eigenvalue weighted by Gasteiger charge is 2.40. The molecule has 2 aromatic rings. The number of anilines is 2. The van der Waals surface area contributed by atoms with Crippen LogP contribution >= 0.6 is 0 Å². The van der Waals surface area contributed by atoms with E-state index in [0.717, 1.165) is 24.7 Å². The molecule has 2 aromatic carbocycles. The number of nitro groups is 1. The summed E-state index contributed by atoms with van der Waals surface area (Å²) in [6.45, 7) is 7.89. The van der Waals surface area contributed by atoms with E-state index in [1.807, 2.05) is 24.3 Å². The molecule has 2 heterocycles. The molecule has 0 radical (unpaired) electrons. The number of carbonyl (C=O) groups excluding carboxylic acids is 2. The number of non-ortho nitro benzene ring substituents is 1. The molecule has 1 N–H and O–H groups in total. The second-order valence-corrected chi connectivity index (χ2v) is 8.97. The third kappa shape index (κ3) is 4.46. The summed E-state index contributed by atoms with van der Waals surface area (Å²) < 4.78 is 0. The zero-order valence-corrected chi connectivity index (χ0v) is 19.1. The number of nitrogens with zero attached hydrogens (tertiary/aromatic N) is 3. The maximum absolute atomic E-state index is 13.1. The number of nitrogens with one attached hydrogen (secondary N) is 1. The minimum atomic E-state index is -0.496. The first-order valence-corrected chi connectivity index (χ1v) is 11.2. The predicted octanol–water partition coefficient (Wildman–Crippen LogP) is 4.43. The van der Waals surface area contributed by atoms with Crippen molar-refractivity contribution in [3.8, 4) is 0 Å². The van der Waals surface area contributed by atoms with Gasteiger partial charge >= 0.3 is 0 Å². The van der Waals surface area contributed by atoms with Crippen LogP contribution < -0.4 is 10.2 Å². The van der Waals surface area contributed by atoms with E-state index in [9.17, 15) is 19.7 Å². The van der Waals surface area contributed by atoms with Crippen molar-refractivity contribution in [2.75, 3.05) is 23.3 Å². The van der Waals surface area contributed by atoms with Gasteiger partial charge in [0.25, 0.3) is 17.5 Å². The number of nitro benzene ring substituents is 1. The molecule has 2 amide bonds. The van der Waals surface area contributed by atoms with Crippen molar-refractivity contribution in [3.63, 3.8) is 0 Å². The highest BCUT2D eigenvalue weighted by molar-refractivity contribution is 6.36. The SMILES string of the molecule is CC1CCN(c2ccc(NC3=C(c4ccc([N+](=O)[O-])cc4)C(=O)N(C(C)C)C3=O)cc2)CC1. The van der Waals surface area contributed by atoms with Gasteiger partial charge in [-0.05, 0) is 74.6 Å². The fraction of sp³-hybridized carbons (Fsp3) is 0.360. The number of rotatable bonds is 6. The molecule has 4 rings (SSSR count). The van der Waals surface area contributed by atoms with Crippen molar-refractivity contribution in [2.24, 2.45) is 5.92 Å².